The zero-order valence-corrected chi connectivity index (χ0v) is 11.4. The number of unbranched alkanes of at least 4 members (excludes halogenated alkanes) is 1. The van der Waals surface area contributed by atoms with Crippen molar-refractivity contribution in [3.8, 4) is 5.75 Å². The van der Waals surface area contributed by atoms with Gasteiger partial charge in [-0.25, -0.2) is 4.39 Å². The second-order valence-electron chi connectivity index (χ2n) is 5.00. The monoisotopic (exact) mass is 268 g/mol. The molecule has 19 heavy (non-hydrogen) atoms. The molecule has 5 heteroatoms. The highest BCUT2D eigenvalue weighted by molar-refractivity contribution is 5.83. The molecule has 0 bridgehead atoms. The van der Waals surface area contributed by atoms with Gasteiger partial charge in [0.05, 0.1) is 12.1 Å². The third kappa shape index (κ3) is 4.87. The number of hydrogen-bond acceptors (Lipinski definition) is 3. The molecule has 0 fully saturated rings. The summed E-state index contributed by atoms with van der Waals surface area (Å²) in [6.45, 7) is 3.81. The van der Waals surface area contributed by atoms with Crippen LogP contribution in [0.2, 0.25) is 0 Å². The Morgan fingerprint density at radius 1 is 1.42 bits per heavy atom. The predicted octanol–water partition coefficient (Wildman–Crippen LogP) is 1.89. The summed E-state index contributed by atoms with van der Waals surface area (Å²) < 4.78 is 18.5. The van der Waals surface area contributed by atoms with E-state index in [-0.39, 0.29) is 5.82 Å². The Balaban J connectivity index is 2.28. The van der Waals surface area contributed by atoms with E-state index in [4.69, 9.17) is 16.2 Å². The molecule has 1 unspecified atom stereocenters. The van der Waals surface area contributed by atoms with Crippen LogP contribution >= 0.6 is 0 Å². The van der Waals surface area contributed by atoms with Crippen LogP contribution in [-0.4, -0.2) is 18.1 Å². The molecule has 4 N–H and O–H groups in total. The van der Waals surface area contributed by atoms with Crippen molar-refractivity contribution < 1.29 is 13.9 Å². The van der Waals surface area contributed by atoms with Gasteiger partial charge in [0.2, 0.25) is 5.91 Å². The number of carbonyl (C=O) groups excluding carboxylic acids is 1. The first kappa shape index (κ1) is 15.4. The Bertz CT molecular complexity index is 447. The Morgan fingerprint density at radius 3 is 2.68 bits per heavy atom. The maximum Gasteiger partial charge on any atom is 0.237 e. The molecule has 0 saturated heterocycles. The van der Waals surface area contributed by atoms with Crippen molar-refractivity contribution in [2.75, 3.05) is 6.61 Å². The zero-order chi connectivity index (χ0) is 14.5. The maximum absolute atomic E-state index is 13.0. The Kier molecular flexibility index (Phi) is 5.30. The molecule has 0 spiro atoms. The lowest BCUT2D eigenvalue weighted by atomic mass is 9.96. The van der Waals surface area contributed by atoms with Crippen molar-refractivity contribution >= 4 is 5.91 Å². The first-order valence-corrected chi connectivity index (χ1v) is 6.30. The molecule has 0 aliphatic rings. The maximum atomic E-state index is 13.0. The Morgan fingerprint density at radius 2 is 2.11 bits per heavy atom. The van der Waals surface area contributed by atoms with E-state index in [1.807, 2.05) is 0 Å². The van der Waals surface area contributed by atoms with Gasteiger partial charge in [-0.15, -0.1) is 0 Å². The summed E-state index contributed by atoms with van der Waals surface area (Å²) in [5, 5.41) is 0. The zero-order valence-electron chi connectivity index (χ0n) is 11.4. The van der Waals surface area contributed by atoms with Crippen molar-refractivity contribution in [3.63, 3.8) is 0 Å². The van der Waals surface area contributed by atoms with Crippen LogP contribution in [0.25, 0.3) is 0 Å². The normalized spacial score (nSPS) is 13.9. The largest absolute Gasteiger partial charge is 0.494 e. The van der Waals surface area contributed by atoms with E-state index in [9.17, 15) is 9.18 Å². The van der Waals surface area contributed by atoms with Crippen LogP contribution in [0.3, 0.4) is 0 Å². The molecular formula is C14H21FN2O2. The number of primary amides is 1. The third-order valence-electron chi connectivity index (χ3n) is 3.05. The molecule has 0 aliphatic heterocycles. The van der Waals surface area contributed by atoms with Crippen molar-refractivity contribution in [1.29, 1.82) is 0 Å². The number of benzene rings is 1. The minimum atomic E-state index is -0.966. The quantitative estimate of drug-likeness (QED) is 0.741. The van der Waals surface area contributed by atoms with E-state index in [1.165, 1.54) is 6.07 Å². The van der Waals surface area contributed by atoms with Gasteiger partial charge in [-0.3, -0.25) is 4.79 Å². The number of carbonyl (C=O) groups is 1. The highest BCUT2D eigenvalue weighted by atomic mass is 19.1. The summed E-state index contributed by atoms with van der Waals surface area (Å²) in [5.41, 5.74) is 10.5. The number of aryl methyl sites for hydroxylation is 1. The number of nitrogens with two attached hydrogens (primary N) is 2. The van der Waals surface area contributed by atoms with E-state index in [0.717, 1.165) is 12.8 Å². The summed E-state index contributed by atoms with van der Waals surface area (Å²) in [7, 11) is 0. The van der Waals surface area contributed by atoms with E-state index < -0.39 is 11.4 Å². The second-order valence-corrected chi connectivity index (χ2v) is 5.00. The highest BCUT2D eigenvalue weighted by Crippen LogP contribution is 2.17. The number of ether oxygens (including phenoxy) is 1. The van der Waals surface area contributed by atoms with Crippen LogP contribution in [0.1, 0.15) is 31.7 Å². The van der Waals surface area contributed by atoms with Crippen molar-refractivity contribution in [1.82, 2.24) is 0 Å². The predicted molar refractivity (Wildman–Crippen MR) is 72.3 cm³/mol. The molecule has 1 atom stereocenters. The lowest BCUT2D eigenvalue weighted by Crippen LogP contribution is -2.49. The van der Waals surface area contributed by atoms with Gasteiger partial charge in [-0.2, -0.15) is 0 Å². The molecule has 0 saturated carbocycles. The van der Waals surface area contributed by atoms with Gasteiger partial charge < -0.3 is 16.2 Å². The number of hydrogen-bond donors (Lipinski definition) is 2. The van der Waals surface area contributed by atoms with Crippen LogP contribution in [0.15, 0.2) is 18.2 Å². The molecule has 4 nitrogen and oxygen atoms in total. The molecule has 1 aromatic carbocycles. The van der Waals surface area contributed by atoms with Gasteiger partial charge in [0.1, 0.15) is 11.6 Å². The molecule has 0 heterocycles. The summed E-state index contributed by atoms with van der Waals surface area (Å²) in [5.74, 6) is -0.0976. The topological polar surface area (TPSA) is 78.3 Å². The van der Waals surface area contributed by atoms with Crippen LogP contribution in [0.5, 0.6) is 5.75 Å². The SMILES string of the molecule is Cc1cc(OCCCCC(C)(N)C(N)=O)ccc1F. The van der Waals surface area contributed by atoms with Gasteiger partial charge in [-0.1, -0.05) is 0 Å². The number of amides is 1. The molecule has 1 amide bonds. The van der Waals surface area contributed by atoms with E-state index in [1.54, 1.807) is 26.0 Å². The van der Waals surface area contributed by atoms with Crippen LogP contribution < -0.4 is 16.2 Å². The van der Waals surface area contributed by atoms with Gasteiger partial charge in [0, 0.05) is 0 Å². The average Bonchev–Trinajstić information content (AvgIpc) is 2.33. The van der Waals surface area contributed by atoms with Gasteiger partial charge in [0.25, 0.3) is 0 Å². The van der Waals surface area contributed by atoms with E-state index in [0.29, 0.717) is 24.3 Å². The molecular weight excluding hydrogens is 247 g/mol. The van der Waals surface area contributed by atoms with Gasteiger partial charge in [-0.05, 0) is 56.9 Å². The second kappa shape index (κ2) is 6.52. The minimum absolute atomic E-state index is 0.243. The molecule has 1 rings (SSSR count). The van der Waals surface area contributed by atoms with Gasteiger partial charge in [0.15, 0.2) is 0 Å². The lowest BCUT2D eigenvalue weighted by molar-refractivity contribution is -0.122. The Hall–Kier alpha value is -1.62. The van der Waals surface area contributed by atoms with Crippen LogP contribution in [-0.2, 0) is 4.79 Å². The number of halogens is 1. The first-order chi connectivity index (χ1) is 8.83. The molecule has 0 radical (unpaired) electrons. The third-order valence-corrected chi connectivity index (χ3v) is 3.05. The summed E-state index contributed by atoms with van der Waals surface area (Å²) >= 11 is 0. The summed E-state index contributed by atoms with van der Waals surface area (Å²) in [4.78, 5) is 11.0. The summed E-state index contributed by atoms with van der Waals surface area (Å²) in [6, 6.07) is 4.64. The molecule has 0 aromatic heterocycles. The smallest absolute Gasteiger partial charge is 0.237 e. The van der Waals surface area contributed by atoms with Crippen LogP contribution in [0, 0.1) is 12.7 Å². The van der Waals surface area contributed by atoms with Crippen LogP contribution in [0.4, 0.5) is 4.39 Å². The fraction of sp³-hybridized carbons (Fsp3) is 0.500. The van der Waals surface area contributed by atoms with Crippen molar-refractivity contribution in [2.45, 2.75) is 38.6 Å². The average molecular weight is 268 g/mol. The Labute approximate surface area is 112 Å². The molecule has 1 aromatic rings. The summed E-state index contributed by atoms with van der Waals surface area (Å²) in [6.07, 6.45) is 2.03. The van der Waals surface area contributed by atoms with E-state index in [2.05, 4.69) is 0 Å². The lowest BCUT2D eigenvalue weighted by Gasteiger charge is -2.19. The molecule has 106 valence electrons. The fourth-order valence-corrected chi connectivity index (χ4v) is 1.61. The van der Waals surface area contributed by atoms with E-state index >= 15 is 0 Å². The highest BCUT2D eigenvalue weighted by Gasteiger charge is 2.24. The standard InChI is InChI=1S/C14H21FN2O2/c1-10-9-11(5-6-12(10)15)19-8-4-3-7-14(2,17)13(16)18/h5-6,9H,3-4,7-8,17H2,1-2H3,(H2,16,18). The molecule has 0 aliphatic carbocycles. The number of rotatable bonds is 7. The van der Waals surface area contributed by atoms with Gasteiger partial charge >= 0.3 is 0 Å². The first-order valence-electron chi connectivity index (χ1n) is 6.30. The minimum Gasteiger partial charge on any atom is -0.494 e. The van der Waals surface area contributed by atoms with Crippen molar-refractivity contribution in [3.05, 3.63) is 29.6 Å². The fourth-order valence-electron chi connectivity index (χ4n) is 1.61. The van der Waals surface area contributed by atoms with Crippen molar-refractivity contribution in [2.24, 2.45) is 11.5 Å².